The van der Waals surface area contributed by atoms with Crippen LogP contribution in [0.2, 0.25) is 0 Å². The Bertz CT molecular complexity index is 162. The summed E-state index contributed by atoms with van der Waals surface area (Å²) in [7, 11) is 1.66. The molecular weight excluding hydrogens is 152 g/mol. The first-order valence-electron chi connectivity index (χ1n) is 2.85. The Morgan fingerprint density at radius 2 is 2.70 bits per heavy atom. The molecule has 0 spiro atoms. The Morgan fingerprint density at radius 1 is 2.00 bits per heavy atom. The molecule has 1 amide bonds. The molecule has 0 aliphatic carbocycles. The lowest BCUT2D eigenvalue weighted by Gasteiger charge is -2.14. The van der Waals surface area contributed by atoms with Gasteiger partial charge in [-0.05, 0) is 0 Å². The number of hydrogen-bond acceptors (Lipinski definition) is 3. The molecule has 4 nitrogen and oxygen atoms in total. The Balaban J connectivity index is 2.48. The lowest BCUT2D eigenvalue weighted by molar-refractivity contribution is 0.163. The molecule has 1 unspecified atom stereocenters. The van der Waals surface area contributed by atoms with Gasteiger partial charge in [0.2, 0.25) is 0 Å². The van der Waals surface area contributed by atoms with Crippen molar-refractivity contribution in [3.05, 3.63) is 0 Å². The summed E-state index contributed by atoms with van der Waals surface area (Å²) < 4.78 is 4.69. The fourth-order valence-electron chi connectivity index (χ4n) is 0.730. The standard InChI is InChI=1S/C5H8N2O2S/c1-7-4(6-3-10)2-9-5(7)8/h3-4H,2H2,1H3,(H,6,10). The molecule has 56 valence electrons. The van der Waals surface area contributed by atoms with Crippen LogP contribution in [-0.2, 0) is 4.74 Å². The number of hydrogen-bond donors (Lipinski definition) is 1. The smallest absolute Gasteiger partial charge is 0.411 e. The van der Waals surface area contributed by atoms with Crippen LogP contribution in [0.1, 0.15) is 0 Å². The van der Waals surface area contributed by atoms with Gasteiger partial charge in [0.25, 0.3) is 0 Å². The molecule has 1 heterocycles. The van der Waals surface area contributed by atoms with E-state index >= 15 is 0 Å². The van der Waals surface area contributed by atoms with Gasteiger partial charge < -0.3 is 10.1 Å². The van der Waals surface area contributed by atoms with Crippen molar-refractivity contribution in [3.63, 3.8) is 0 Å². The van der Waals surface area contributed by atoms with Crippen LogP contribution in [0.15, 0.2) is 0 Å². The molecular formula is C5H8N2O2S. The summed E-state index contributed by atoms with van der Waals surface area (Å²) in [6, 6.07) is 0. The van der Waals surface area contributed by atoms with E-state index in [1.54, 1.807) is 7.05 Å². The molecule has 1 aliphatic heterocycles. The number of nitrogens with zero attached hydrogens (tertiary/aromatic N) is 1. The van der Waals surface area contributed by atoms with Crippen LogP contribution in [0.4, 0.5) is 4.79 Å². The van der Waals surface area contributed by atoms with Gasteiger partial charge in [-0.25, -0.2) is 4.79 Å². The minimum absolute atomic E-state index is 0.0926. The molecule has 0 bridgehead atoms. The quantitative estimate of drug-likeness (QED) is 0.575. The Morgan fingerprint density at radius 3 is 3.10 bits per heavy atom. The van der Waals surface area contributed by atoms with Crippen LogP contribution >= 0.6 is 12.2 Å². The van der Waals surface area contributed by atoms with Gasteiger partial charge in [-0.15, -0.1) is 0 Å². The monoisotopic (exact) mass is 160 g/mol. The third-order valence-corrected chi connectivity index (χ3v) is 1.52. The first-order chi connectivity index (χ1) is 4.75. The molecule has 0 aromatic heterocycles. The second kappa shape index (κ2) is 2.83. The van der Waals surface area contributed by atoms with E-state index in [4.69, 9.17) is 0 Å². The zero-order valence-corrected chi connectivity index (χ0v) is 6.35. The number of likely N-dealkylation sites (N-methyl/N-ethyl adjacent to an activating group) is 1. The molecule has 0 radical (unpaired) electrons. The SMILES string of the molecule is CN1C(=O)OCC1NC=S. The maximum Gasteiger partial charge on any atom is 0.411 e. The van der Waals surface area contributed by atoms with Crippen LogP contribution in [-0.4, -0.2) is 36.3 Å². The van der Waals surface area contributed by atoms with Crippen LogP contribution in [0.5, 0.6) is 0 Å². The predicted molar refractivity (Wildman–Crippen MR) is 39.7 cm³/mol. The lowest BCUT2D eigenvalue weighted by atomic mass is 10.5. The maximum absolute atomic E-state index is 10.7. The highest BCUT2D eigenvalue weighted by atomic mass is 32.1. The topological polar surface area (TPSA) is 41.6 Å². The first kappa shape index (κ1) is 7.27. The van der Waals surface area contributed by atoms with E-state index in [1.165, 1.54) is 10.4 Å². The van der Waals surface area contributed by atoms with Crippen molar-refractivity contribution in [3.8, 4) is 0 Å². The molecule has 10 heavy (non-hydrogen) atoms. The van der Waals surface area contributed by atoms with Gasteiger partial charge in [0, 0.05) is 7.05 Å². The van der Waals surface area contributed by atoms with Crippen LogP contribution in [0.3, 0.4) is 0 Å². The minimum Gasteiger partial charge on any atom is -0.445 e. The van der Waals surface area contributed by atoms with Crippen LogP contribution < -0.4 is 5.32 Å². The van der Waals surface area contributed by atoms with Crippen molar-refractivity contribution in [2.75, 3.05) is 13.7 Å². The van der Waals surface area contributed by atoms with Crippen molar-refractivity contribution < 1.29 is 9.53 Å². The first-order valence-corrected chi connectivity index (χ1v) is 3.32. The average Bonchev–Trinajstić information content (AvgIpc) is 2.20. The second-order valence-electron chi connectivity index (χ2n) is 1.99. The Kier molecular flexibility index (Phi) is 2.06. The molecule has 5 heteroatoms. The third kappa shape index (κ3) is 1.18. The number of ether oxygens (including phenoxy) is 1. The summed E-state index contributed by atoms with van der Waals surface area (Å²) in [5, 5.41) is 2.79. The third-order valence-electron chi connectivity index (χ3n) is 1.38. The summed E-state index contributed by atoms with van der Waals surface area (Å²) in [4.78, 5) is 12.1. The van der Waals surface area contributed by atoms with Gasteiger partial charge in [0.15, 0.2) is 0 Å². The second-order valence-corrected chi connectivity index (χ2v) is 2.22. The van der Waals surface area contributed by atoms with Gasteiger partial charge in [0.05, 0.1) is 5.49 Å². The number of carbonyl (C=O) groups is 1. The highest BCUT2D eigenvalue weighted by molar-refractivity contribution is 7.78. The molecule has 1 aliphatic rings. The molecule has 0 aromatic carbocycles. The van der Waals surface area contributed by atoms with Gasteiger partial charge in [-0.1, -0.05) is 12.2 Å². The fourth-order valence-corrected chi connectivity index (χ4v) is 0.887. The molecule has 0 aromatic rings. The maximum atomic E-state index is 10.7. The van der Waals surface area contributed by atoms with E-state index < -0.39 is 0 Å². The van der Waals surface area contributed by atoms with Gasteiger partial charge in [-0.3, -0.25) is 4.90 Å². The number of nitrogens with one attached hydrogen (secondary N) is 1. The summed E-state index contributed by atoms with van der Waals surface area (Å²) in [5.74, 6) is 0. The van der Waals surface area contributed by atoms with Crippen molar-refractivity contribution in [2.45, 2.75) is 6.17 Å². The van der Waals surface area contributed by atoms with Gasteiger partial charge >= 0.3 is 6.09 Å². The highest BCUT2D eigenvalue weighted by Crippen LogP contribution is 2.05. The van der Waals surface area contributed by atoms with E-state index in [0.717, 1.165) is 0 Å². The highest BCUT2D eigenvalue weighted by Gasteiger charge is 2.28. The minimum atomic E-state index is -0.311. The summed E-state index contributed by atoms with van der Waals surface area (Å²) >= 11 is 4.55. The van der Waals surface area contributed by atoms with Gasteiger partial charge in [0.1, 0.15) is 12.8 Å². The summed E-state index contributed by atoms with van der Waals surface area (Å²) in [6.45, 7) is 0.364. The summed E-state index contributed by atoms with van der Waals surface area (Å²) in [6.07, 6.45) is -0.403. The van der Waals surface area contributed by atoms with E-state index in [1.807, 2.05) is 0 Å². The zero-order chi connectivity index (χ0) is 7.56. The van der Waals surface area contributed by atoms with E-state index in [9.17, 15) is 4.79 Å². The summed E-state index contributed by atoms with van der Waals surface area (Å²) in [5.41, 5.74) is 1.38. The van der Waals surface area contributed by atoms with Gasteiger partial charge in [-0.2, -0.15) is 0 Å². The van der Waals surface area contributed by atoms with E-state index in [0.29, 0.717) is 6.61 Å². The number of rotatable bonds is 2. The van der Waals surface area contributed by atoms with E-state index in [2.05, 4.69) is 22.3 Å². The van der Waals surface area contributed by atoms with Crippen molar-refractivity contribution in [1.29, 1.82) is 0 Å². The molecule has 1 rings (SSSR count). The van der Waals surface area contributed by atoms with Crippen LogP contribution in [0.25, 0.3) is 0 Å². The Hall–Kier alpha value is -0.840. The lowest BCUT2D eigenvalue weighted by Crippen LogP contribution is -2.40. The zero-order valence-electron chi connectivity index (χ0n) is 5.53. The molecule has 1 fully saturated rings. The molecule has 0 saturated carbocycles. The Labute approximate surface area is 64.1 Å². The predicted octanol–water partition coefficient (Wildman–Crippen LogP) is -0.0587. The number of amides is 1. The molecule has 1 N–H and O–H groups in total. The van der Waals surface area contributed by atoms with E-state index in [-0.39, 0.29) is 12.3 Å². The number of thiocarbonyl (C=S) groups is 1. The largest absolute Gasteiger partial charge is 0.445 e. The normalized spacial score (nSPS) is 24.3. The number of cyclic esters (lactones) is 1. The number of carbonyl (C=O) groups excluding carboxylic acids is 1. The average molecular weight is 160 g/mol. The van der Waals surface area contributed by atoms with Crippen molar-refractivity contribution in [1.82, 2.24) is 10.2 Å². The van der Waals surface area contributed by atoms with Crippen LogP contribution in [0, 0.1) is 0 Å². The fraction of sp³-hybridized carbons (Fsp3) is 0.600. The van der Waals surface area contributed by atoms with Crippen molar-refractivity contribution >= 4 is 23.8 Å². The molecule has 1 saturated heterocycles. The molecule has 1 atom stereocenters. The van der Waals surface area contributed by atoms with Crippen molar-refractivity contribution in [2.24, 2.45) is 0 Å².